The first kappa shape index (κ1) is 52.7. The predicted octanol–water partition coefficient (Wildman–Crippen LogP) is 23.1. The highest BCUT2D eigenvalue weighted by molar-refractivity contribution is 6.00. The normalized spacial score (nSPS) is 12.1. The number of hydrogen-bond acceptors (Lipinski definition) is 2. The number of anilines is 6. The van der Waals surface area contributed by atoms with Crippen LogP contribution in [0.5, 0.6) is 0 Å². The molecule has 0 fully saturated rings. The van der Waals surface area contributed by atoms with Crippen LogP contribution in [-0.2, 0) is 5.41 Å². The largest absolute Gasteiger partial charge is 0.310 e. The third kappa shape index (κ3) is 9.40. The van der Waals surface area contributed by atoms with Gasteiger partial charge in [-0.1, -0.05) is 255 Å². The summed E-state index contributed by atoms with van der Waals surface area (Å²) < 4.78 is 0. The standard InChI is InChI=1S/C85H62N2/c1-59-26-21-24-42-74(59)80-54-65-32-22-23-33-66(65)55-83(80)87(70-40-19-8-20-41-70)72-50-46-64(47-51-72)79-58-76(61-28-9-3-10-29-61)78(57-77(79)62-30-11-4-12-31-62)63-44-48-71(49-45-63)86(69-38-17-7-18-39-69)73-52-53-75-82(56-73)85(67-34-13-5-14-35-67,68-36-15-6-16-37-68)81-43-25-27-60(2)84(75)81/h3-58H,1-2H3. The number of para-hydroxylation sites is 2. The van der Waals surface area contributed by atoms with Gasteiger partial charge in [0.15, 0.2) is 0 Å². The Hall–Kier alpha value is -11.1. The Morgan fingerprint density at radius 3 is 1.16 bits per heavy atom. The lowest BCUT2D eigenvalue weighted by atomic mass is 9.67. The molecule has 1 aliphatic carbocycles. The smallest absolute Gasteiger partial charge is 0.0714 e. The Labute approximate surface area is 510 Å². The van der Waals surface area contributed by atoms with Crippen LogP contribution in [0.3, 0.4) is 0 Å². The van der Waals surface area contributed by atoms with E-state index in [-0.39, 0.29) is 0 Å². The molecule has 2 nitrogen and oxygen atoms in total. The number of benzene rings is 14. The number of rotatable bonds is 13. The molecule has 14 aromatic carbocycles. The molecule has 0 bridgehead atoms. The van der Waals surface area contributed by atoms with Gasteiger partial charge in [0.2, 0.25) is 0 Å². The van der Waals surface area contributed by atoms with Gasteiger partial charge in [-0.05, 0) is 204 Å². The van der Waals surface area contributed by atoms with Gasteiger partial charge >= 0.3 is 0 Å². The van der Waals surface area contributed by atoms with E-state index in [2.05, 4.69) is 363 Å². The van der Waals surface area contributed by atoms with Crippen molar-refractivity contribution in [3.63, 3.8) is 0 Å². The van der Waals surface area contributed by atoms with Crippen LogP contribution in [0.25, 0.3) is 77.5 Å². The van der Waals surface area contributed by atoms with Gasteiger partial charge < -0.3 is 9.80 Å². The number of fused-ring (bicyclic) bond motifs is 4. The lowest BCUT2D eigenvalue weighted by Crippen LogP contribution is -2.28. The first-order valence-corrected chi connectivity index (χ1v) is 30.1. The molecule has 0 aliphatic heterocycles. The third-order valence-corrected chi connectivity index (χ3v) is 17.8. The van der Waals surface area contributed by atoms with Crippen LogP contribution in [-0.4, -0.2) is 0 Å². The lowest BCUT2D eigenvalue weighted by Gasteiger charge is -2.35. The lowest BCUT2D eigenvalue weighted by molar-refractivity contribution is 0.768. The molecule has 0 radical (unpaired) electrons. The van der Waals surface area contributed by atoms with Crippen LogP contribution in [0, 0.1) is 13.8 Å². The molecule has 15 rings (SSSR count). The maximum atomic E-state index is 2.46. The minimum atomic E-state index is -0.536. The third-order valence-electron chi connectivity index (χ3n) is 17.8. The van der Waals surface area contributed by atoms with Crippen LogP contribution >= 0.6 is 0 Å². The highest BCUT2D eigenvalue weighted by Gasteiger charge is 2.47. The molecule has 0 spiro atoms. The van der Waals surface area contributed by atoms with Crippen molar-refractivity contribution in [2.75, 3.05) is 9.80 Å². The van der Waals surface area contributed by atoms with E-state index in [1.165, 1.54) is 77.5 Å². The van der Waals surface area contributed by atoms with Gasteiger partial charge in [-0.25, -0.2) is 0 Å². The van der Waals surface area contributed by atoms with Crippen molar-refractivity contribution in [3.05, 3.63) is 373 Å². The summed E-state index contributed by atoms with van der Waals surface area (Å²) in [5, 5.41) is 2.41. The number of hydrogen-bond donors (Lipinski definition) is 0. The van der Waals surface area contributed by atoms with Gasteiger partial charge in [-0.3, -0.25) is 0 Å². The monoisotopic (exact) mass is 1110 g/mol. The molecule has 0 aromatic heterocycles. The predicted molar refractivity (Wildman–Crippen MR) is 367 cm³/mol. The summed E-state index contributed by atoms with van der Waals surface area (Å²) in [5.41, 5.74) is 27.9. The topological polar surface area (TPSA) is 6.48 Å². The summed E-state index contributed by atoms with van der Waals surface area (Å²) in [5.74, 6) is 0. The van der Waals surface area contributed by atoms with Crippen molar-refractivity contribution < 1.29 is 0 Å². The van der Waals surface area contributed by atoms with Crippen molar-refractivity contribution in [3.8, 4) is 66.8 Å². The van der Waals surface area contributed by atoms with E-state index in [1.807, 2.05) is 0 Å². The summed E-state index contributed by atoms with van der Waals surface area (Å²) >= 11 is 0. The van der Waals surface area contributed by atoms with Gasteiger partial charge in [0.1, 0.15) is 0 Å². The first-order valence-electron chi connectivity index (χ1n) is 30.1. The fraction of sp³-hybridized carbons (Fsp3) is 0.0353. The summed E-state index contributed by atoms with van der Waals surface area (Å²) in [7, 11) is 0. The van der Waals surface area contributed by atoms with Crippen LogP contribution < -0.4 is 9.80 Å². The Balaban J connectivity index is 0.865. The summed E-state index contributed by atoms with van der Waals surface area (Å²) in [6.45, 7) is 4.47. The average Bonchev–Trinajstić information content (AvgIpc) is 1.64. The molecule has 2 heteroatoms. The summed E-state index contributed by atoms with van der Waals surface area (Å²) in [4.78, 5) is 4.84. The van der Waals surface area contributed by atoms with Crippen LogP contribution in [0.15, 0.2) is 340 Å². The second-order valence-electron chi connectivity index (χ2n) is 22.9. The van der Waals surface area contributed by atoms with Crippen molar-refractivity contribution in [1.29, 1.82) is 0 Å². The molecule has 0 amide bonds. The van der Waals surface area contributed by atoms with Crippen LogP contribution in [0.2, 0.25) is 0 Å². The molecule has 0 atom stereocenters. The zero-order valence-electron chi connectivity index (χ0n) is 48.7. The molecule has 0 N–H and O–H groups in total. The van der Waals surface area contributed by atoms with Crippen molar-refractivity contribution in [1.82, 2.24) is 0 Å². The Bertz CT molecular complexity index is 4730. The zero-order chi connectivity index (χ0) is 58.3. The molecule has 87 heavy (non-hydrogen) atoms. The summed E-state index contributed by atoms with van der Waals surface area (Å²) in [6.07, 6.45) is 0. The van der Waals surface area contributed by atoms with Crippen LogP contribution in [0.1, 0.15) is 33.4 Å². The van der Waals surface area contributed by atoms with Crippen molar-refractivity contribution in [2.24, 2.45) is 0 Å². The summed E-state index contributed by atoms with van der Waals surface area (Å²) in [6, 6.07) is 125. The van der Waals surface area contributed by atoms with E-state index in [9.17, 15) is 0 Å². The molecule has 0 saturated carbocycles. The number of nitrogens with zero attached hydrogens (tertiary/aromatic N) is 2. The highest BCUT2D eigenvalue weighted by Crippen LogP contribution is 2.58. The minimum absolute atomic E-state index is 0.536. The van der Waals surface area contributed by atoms with E-state index < -0.39 is 5.41 Å². The molecule has 0 unspecified atom stereocenters. The Morgan fingerprint density at radius 2 is 0.632 bits per heavy atom. The van der Waals surface area contributed by atoms with E-state index in [0.717, 1.165) is 67.5 Å². The SMILES string of the molecule is Cc1ccccc1-c1cc2ccccc2cc1N(c1ccccc1)c1ccc(-c2cc(-c3ccccc3)c(-c3ccc(N(c4ccccc4)c4ccc5c(c4)C(c4ccccc4)(c4ccccc4)c4cccc(C)c4-5)cc3)cc2-c2ccccc2)cc1. The maximum Gasteiger partial charge on any atom is 0.0714 e. The molecular weight excluding hydrogens is 1050 g/mol. The second kappa shape index (κ2) is 22.5. The fourth-order valence-electron chi connectivity index (χ4n) is 13.8. The highest BCUT2D eigenvalue weighted by atomic mass is 15.1. The Morgan fingerprint density at radius 1 is 0.230 bits per heavy atom. The fourth-order valence-corrected chi connectivity index (χ4v) is 13.8. The zero-order valence-corrected chi connectivity index (χ0v) is 48.7. The van der Waals surface area contributed by atoms with Gasteiger partial charge in [-0.2, -0.15) is 0 Å². The molecule has 14 aromatic rings. The van der Waals surface area contributed by atoms with E-state index in [0.29, 0.717) is 0 Å². The minimum Gasteiger partial charge on any atom is -0.310 e. The van der Waals surface area contributed by atoms with E-state index in [4.69, 9.17) is 0 Å². The molecular formula is C85H62N2. The molecule has 0 heterocycles. The average molecular weight is 1110 g/mol. The Kier molecular flexibility index (Phi) is 13.6. The molecule has 412 valence electrons. The number of aryl methyl sites for hydroxylation is 2. The van der Waals surface area contributed by atoms with Gasteiger partial charge in [0, 0.05) is 34.0 Å². The molecule has 0 saturated heterocycles. The van der Waals surface area contributed by atoms with Crippen molar-refractivity contribution >= 4 is 44.9 Å². The van der Waals surface area contributed by atoms with Gasteiger partial charge in [0.25, 0.3) is 0 Å². The maximum absolute atomic E-state index is 2.46. The second-order valence-corrected chi connectivity index (χ2v) is 22.9. The quantitative estimate of drug-likeness (QED) is 0.114. The first-order chi connectivity index (χ1) is 43.0. The van der Waals surface area contributed by atoms with Crippen LogP contribution in [0.4, 0.5) is 34.1 Å². The van der Waals surface area contributed by atoms with E-state index in [1.54, 1.807) is 0 Å². The van der Waals surface area contributed by atoms with Crippen molar-refractivity contribution in [2.45, 2.75) is 19.3 Å². The molecule has 1 aliphatic rings. The van der Waals surface area contributed by atoms with Gasteiger partial charge in [-0.15, -0.1) is 0 Å². The van der Waals surface area contributed by atoms with E-state index >= 15 is 0 Å². The van der Waals surface area contributed by atoms with Gasteiger partial charge in [0.05, 0.1) is 11.1 Å².